The molecule has 0 radical (unpaired) electrons. The minimum atomic E-state index is -0.789. The number of hydrogen-bond donors (Lipinski definition) is 0. The van der Waals surface area contributed by atoms with Crippen LogP contribution in [0.3, 0.4) is 0 Å². The zero-order valence-corrected chi connectivity index (χ0v) is 11.4. The highest BCUT2D eigenvalue weighted by Gasteiger charge is 2.27. The average molecular weight is 294 g/mol. The van der Waals surface area contributed by atoms with E-state index in [9.17, 15) is 25.0 Å². The monoisotopic (exact) mass is 294 g/mol. The summed E-state index contributed by atoms with van der Waals surface area (Å²) in [6.07, 6.45) is 0.516. The first-order valence-electron chi connectivity index (χ1n) is 6.08. The van der Waals surface area contributed by atoms with E-state index in [4.69, 9.17) is 4.74 Å². The smallest absolute Gasteiger partial charge is 0.349 e. The summed E-state index contributed by atoms with van der Waals surface area (Å²) in [5.74, 6) is -0.538. The maximum Gasteiger partial charge on any atom is 0.349 e. The lowest BCUT2D eigenvalue weighted by Gasteiger charge is -2.05. The van der Waals surface area contributed by atoms with E-state index in [2.05, 4.69) is 6.58 Å². The van der Waals surface area contributed by atoms with Crippen LogP contribution in [0.15, 0.2) is 30.4 Å². The fourth-order valence-corrected chi connectivity index (χ4v) is 1.69. The Morgan fingerprint density at radius 2 is 1.95 bits per heavy atom. The minimum Gasteiger partial charge on any atom is -0.462 e. The highest BCUT2D eigenvalue weighted by atomic mass is 16.6. The summed E-state index contributed by atoms with van der Waals surface area (Å²) >= 11 is 0. The summed E-state index contributed by atoms with van der Waals surface area (Å²) in [5.41, 5.74) is -0.568. The number of aryl methyl sites for hydroxylation is 1. The molecule has 1 rings (SSSR count). The predicted molar refractivity (Wildman–Crippen MR) is 73.8 cm³/mol. The number of ether oxygens (including phenoxy) is 1. The Kier molecular flexibility index (Phi) is 5.53. The summed E-state index contributed by atoms with van der Waals surface area (Å²) in [7, 11) is 0. The van der Waals surface area contributed by atoms with E-state index < -0.39 is 27.2 Å². The first-order chi connectivity index (χ1) is 9.84. The Bertz CT molecular complexity index is 596. The van der Waals surface area contributed by atoms with Gasteiger partial charge in [-0.3, -0.25) is 20.2 Å². The molecule has 0 amide bonds. The van der Waals surface area contributed by atoms with Crippen LogP contribution in [0.5, 0.6) is 0 Å². The molecule has 8 heteroatoms. The Balaban J connectivity index is 2.78. The normalized spacial score (nSPS) is 9.95. The van der Waals surface area contributed by atoms with Crippen molar-refractivity contribution in [2.45, 2.75) is 19.8 Å². The fraction of sp³-hybridized carbons (Fsp3) is 0.308. The second-order valence-corrected chi connectivity index (χ2v) is 4.32. The van der Waals surface area contributed by atoms with Crippen LogP contribution >= 0.6 is 0 Å². The van der Waals surface area contributed by atoms with Crippen molar-refractivity contribution < 1.29 is 19.4 Å². The quantitative estimate of drug-likeness (QED) is 0.251. The molecule has 0 aromatic heterocycles. The molecule has 1 aromatic rings. The number of carbonyl (C=O) groups excluding carboxylic acids is 1. The second-order valence-electron chi connectivity index (χ2n) is 4.32. The molecule has 112 valence electrons. The summed E-state index contributed by atoms with van der Waals surface area (Å²) < 4.78 is 4.86. The first kappa shape index (κ1) is 16.3. The minimum absolute atomic E-state index is 0.0611. The van der Waals surface area contributed by atoms with Crippen molar-refractivity contribution in [3.8, 4) is 0 Å². The van der Waals surface area contributed by atoms with Gasteiger partial charge in [0.1, 0.15) is 0 Å². The Morgan fingerprint density at radius 3 is 2.48 bits per heavy atom. The van der Waals surface area contributed by atoms with Crippen molar-refractivity contribution in [2.75, 3.05) is 6.61 Å². The Morgan fingerprint density at radius 1 is 1.29 bits per heavy atom. The molecule has 0 saturated heterocycles. The Labute approximate surface area is 120 Å². The molecule has 21 heavy (non-hydrogen) atoms. The van der Waals surface area contributed by atoms with Crippen LogP contribution in [0.1, 0.15) is 18.9 Å². The third-order valence-corrected chi connectivity index (χ3v) is 2.65. The van der Waals surface area contributed by atoms with E-state index in [-0.39, 0.29) is 24.2 Å². The van der Waals surface area contributed by atoms with Gasteiger partial charge in [0.15, 0.2) is 0 Å². The molecule has 0 atom stereocenters. The van der Waals surface area contributed by atoms with Gasteiger partial charge in [-0.15, -0.1) is 0 Å². The molecule has 0 unspecified atom stereocenters. The molecule has 0 spiro atoms. The highest BCUT2D eigenvalue weighted by Crippen LogP contribution is 2.31. The van der Waals surface area contributed by atoms with Crippen molar-refractivity contribution in [3.63, 3.8) is 0 Å². The molecule has 0 fully saturated rings. The van der Waals surface area contributed by atoms with Gasteiger partial charge >= 0.3 is 17.3 Å². The largest absolute Gasteiger partial charge is 0.462 e. The lowest BCUT2D eigenvalue weighted by Crippen LogP contribution is -2.07. The summed E-state index contributed by atoms with van der Waals surface area (Å²) in [4.78, 5) is 31.4. The molecule has 0 saturated carbocycles. The number of rotatable bonds is 7. The summed E-state index contributed by atoms with van der Waals surface area (Å²) in [5, 5.41) is 21.8. The fourth-order valence-electron chi connectivity index (χ4n) is 1.69. The van der Waals surface area contributed by atoms with E-state index in [0.29, 0.717) is 6.42 Å². The number of esters is 1. The molecular formula is C13H14N2O6. The van der Waals surface area contributed by atoms with Crippen molar-refractivity contribution in [2.24, 2.45) is 0 Å². The molecule has 8 nitrogen and oxygen atoms in total. The van der Waals surface area contributed by atoms with Gasteiger partial charge < -0.3 is 4.74 Å². The zero-order chi connectivity index (χ0) is 16.0. The van der Waals surface area contributed by atoms with E-state index in [1.54, 1.807) is 0 Å². The maximum absolute atomic E-state index is 11.2. The lowest BCUT2D eigenvalue weighted by atomic mass is 10.1. The van der Waals surface area contributed by atoms with Gasteiger partial charge in [0.25, 0.3) is 0 Å². The topological polar surface area (TPSA) is 113 Å². The van der Waals surface area contributed by atoms with Gasteiger partial charge in [0.2, 0.25) is 0 Å². The van der Waals surface area contributed by atoms with Gasteiger partial charge in [-0.25, -0.2) is 4.79 Å². The molecule has 1 aromatic carbocycles. The molecule has 0 aliphatic carbocycles. The number of carbonyl (C=O) groups is 1. The van der Waals surface area contributed by atoms with Crippen LogP contribution in [0.2, 0.25) is 0 Å². The van der Waals surface area contributed by atoms with E-state index in [0.717, 1.165) is 6.07 Å². The third kappa shape index (κ3) is 4.37. The van der Waals surface area contributed by atoms with E-state index in [1.165, 1.54) is 19.1 Å². The second kappa shape index (κ2) is 7.13. The molecule has 0 aliphatic heterocycles. The van der Waals surface area contributed by atoms with Crippen molar-refractivity contribution in [1.29, 1.82) is 0 Å². The van der Waals surface area contributed by atoms with Gasteiger partial charge in [-0.1, -0.05) is 18.7 Å². The standard InChI is InChI=1S/C13H14N2O6/c1-9(2)13(16)21-8-4-6-10-5-3-7-11(14(17)18)12(10)15(19)20/h3,5,7H,1,4,6,8H2,2H3. The van der Waals surface area contributed by atoms with Crippen LogP contribution in [-0.4, -0.2) is 22.4 Å². The van der Waals surface area contributed by atoms with Gasteiger partial charge in [-0.2, -0.15) is 0 Å². The number of hydrogen-bond acceptors (Lipinski definition) is 6. The number of benzene rings is 1. The first-order valence-corrected chi connectivity index (χ1v) is 6.08. The van der Waals surface area contributed by atoms with E-state index in [1.807, 2.05) is 0 Å². The van der Waals surface area contributed by atoms with Gasteiger partial charge in [0, 0.05) is 17.2 Å². The van der Waals surface area contributed by atoms with Crippen molar-refractivity contribution >= 4 is 17.3 Å². The predicted octanol–water partition coefficient (Wildman–Crippen LogP) is 2.55. The lowest BCUT2D eigenvalue weighted by molar-refractivity contribution is -0.423. The number of nitro benzene ring substituents is 2. The molecule has 0 heterocycles. The van der Waals surface area contributed by atoms with Crippen LogP contribution in [0, 0.1) is 20.2 Å². The number of para-hydroxylation sites is 1. The third-order valence-electron chi connectivity index (χ3n) is 2.65. The molecular weight excluding hydrogens is 280 g/mol. The van der Waals surface area contributed by atoms with E-state index >= 15 is 0 Å². The number of nitrogens with zero attached hydrogens (tertiary/aromatic N) is 2. The summed E-state index contributed by atoms with van der Waals surface area (Å²) in [6.45, 7) is 4.99. The molecule has 0 N–H and O–H groups in total. The van der Waals surface area contributed by atoms with Crippen LogP contribution in [0.4, 0.5) is 11.4 Å². The van der Waals surface area contributed by atoms with Crippen molar-refractivity contribution in [3.05, 3.63) is 56.1 Å². The van der Waals surface area contributed by atoms with Crippen LogP contribution in [-0.2, 0) is 16.0 Å². The van der Waals surface area contributed by atoms with Crippen LogP contribution < -0.4 is 0 Å². The van der Waals surface area contributed by atoms with Gasteiger partial charge in [-0.05, 0) is 19.8 Å². The van der Waals surface area contributed by atoms with Crippen molar-refractivity contribution in [1.82, 2.24) is 0 Å². The van der Waals surface area contributed by atoms with Gasteiger partial charge in [0.05, 0.1) is 16.5 Å². The average Bonchev–Trinajstić information content (AvgIpc) is 2.42. The van der Waals surface area contributed by atoms with Crippen LogP contribution in [0.25, 0.3) is 0 Å². The highest BCUT2D eigenvalue weighted by molar-refractivity contribution is 5.86. The SMILES string of the molecule is C=C(C)C(=O)OCCCc1cccc([N+](=O)[O-])c1[N+](=O)[O-]. The number of nitro groups is 2. The zero-order valence-electron chi connectivity index (χ0n) is 11.4. The molecule has 0 aliphatic rings. The maximum atomic E-state index is 11.2. The summed E-state index contributed by atoms with van der Waals surface area (Å²) in [6, 6.07) is 3.93. The molecule has 0 bridgehead atoms. The Hall–Kier alpha value is -2.77.